The van der Waals surface area contributed by atoms with Gasteiger partial charge in [-0.05, 0) is 30.5 Å². The summed E-state index contributed by atoms with van der Waals surface area (Å²) >= 11 is 0. The van der Waals surface area contributed by atoms with E-state index in [1.54, 1.807) is 14.2 Å². The van der Waals surface area contributed by atoms with Gasteiger partial charge >= 0.3 is 6.03 Å². The van der Waals surface area contributed by atoms with Crippen molar-refractivity contribution in [3.8, 4) is 11.5 Å². The molecule has 0 atom stereocenters. The Labute approximate surface area is 137 Å². The zero-order valence-electron chi connectivity index (χ0n) is 13.9. The first-order chi connectivity index (χ1) is 11.2. The zero-order valence-corrected chi connectivity index (χ0v) is 13.9. The molecule has 23 heavy (non-hydrogen) atoms. The fourth-order valence-corrected chi connectivity index (χ4v) is 2.84. The van der Waals surface area contributed by atoms with Gasteiger partial charge in [0.2, 0.25) is 0 Å². The van der Waals surface area contributed by atoms with E-state index in [4.69, 9.17) is 9.47 Å². The second kappa shape index (κ2) is 7.08. The van der Waals surface area contributed by atoms with Crippen LogP contribution in [0.4, 0.5) is 4.79 Å². The highest BCUT2D eigenvalue weighted by Gasteiger charge is 2.27. The van der Waals surface area contributed by atoms with Crippen LogP contribution in [-0.4, -0.2) is 62.3 Å². The van der Waals surface area contributed by atoms with Gasteiger partial charge in [-0.15, -0.1) is 0 Å². The van der Waals surface area contributed by atoms with Gasteiger partial charge in [0.1, 0.15) is 0 Å². The molecule has 1 aliphatic carbocycles. The van der Waals surface area contributed by atoms with Crippen LogP contribution in [0.15, 0.2) is 18.2 Å². The molecule has 1 saturated heterocycles. The molecule has 6 nitrogen and oxygen atoms in total. The van der Waals surface area contributed by atoms with E-state index in [0.717, 1.165) is 57.1 Å². The van der Waals surface area contributed by atoms with Crippen molar-refractivity contribution in [3.63, 3.8) is 0 Å². The summed E-state index contributed by atoms with van der Waals surface area (Å²) in [6, 6.07) is 6.54. The molecule has 0 unspecified atom stereocenters. The Hall–Kier alpha value is -1.95. The molecule has 1 aromatic carbocycles. The Bertz CT molecular complexity index is 552. The molecule has 1 heterocycles. The Morgan fingerprint density at radius 2 is 1.83 bits per heavy atom. The Kier molecular flexibility index (Phi) is 4.91. The van der Waals surface area contributed by atoms with Gasteiger partial charge in [0, 0.05) is 38.8 Å². The minimum atomic E-state index is 0.0956. The minimum absolute atomic E-state index is 0.0956. The standard InChI is InChI=1S/C17H25N3O3/c1-22-15-6-3-13(11-16(15)23-2)12-19-7-9-20(10-8-19)17(21)18-14-4-5-14/h3,6,11,14H,4-5,7-10,12H2,1-2H3,(H,18,21). The predicted molar refractivity (Wildman–Crippen MR) is 87.9 cm³/mol. The third-order valence-corrected chi connectivity index (χ3v) is 4.42. The van der Waals surface area contributed by atoms with E-state index in [1.165, 1.54) is 5.56 Å². The van der Waals surface area contributed by atoms with E-state index in [0.29, 0.717) is 6.04 Å². The number of methoxy groups -OCH3 is 2. The lowest BCUT2D eigenvalue weighted by atomic mass is 10.1. The molecule has 0 radical (unpaired) electrons. The normalized spacial score (nSPS) is 18.6. The number of amides is 2. The lowest BCUT2D eigenvalue weighted by Crippen LogP contribution is -2.51. The van der Waals surface area contributed by atoms with E-state index in [1.807, 2.05) is 17.0 Å². The van der Waals surface area contributed by atoms with E-state index in [2.05, 4.69) is 16.3 Å². The van der Waals surface area contributed by atoms with Crippen LogP contribution >= 0.6 is 0 Å². The van der Waals surface area contributed by atoms with E-state index >= 15 is 0 Å². The summed E-state index contributed by atoms with van der Waals surface area (Å²) in [5.74, 6) is 1.50. The first-order valence-corrected chi connectivity index (χ1v) is 8.18. The van der Waals surface area contributed by atoms with Gasteiger partial charge in [-0.25, -0.2) is 4.79 Å². The smallest absolute Gasteiger partial charge is 0.317 e. The molecule has 1 saturated carbocycles. The third kappa shape index (κ3) is 4.07. The SMILES string of the molecule is COc1ccc(CN2CCN(C(=O)NC3CC3)CC2)cc1OC. The number of benzene rings is 1. The van der Waals surface area contributed by atoms with Crippen molar-refractivity contribution in [3.05, 3.63) is 23.8 Å². The molecule has 0 aromatic heterocycles. The number of carbonyl (C=O) groups is 1. The van der Waals surface area contributed by atoms with Crippen LogP contribution in [0.5, 0.6) is 11.5 Å². The van der Waals surface area contributed by atoms with Gasteiger partial charge in [0.25, 0.3) is 0 Å². The van der Waals surface area contributed by atoms with E-state index in [-0.39, 0.29) is 6.03 Å². The van der Waals surface area contributed by atoms with Crippen LogP contribution in [0, 0.1) is 0 Å². The lowest BCUT2D eigenvalue weighted by Gasteiger charge is -2.34. The van der Waals surface area contributed by atoms with Crippen molar-refractivity contribution < 1.29 is 14.3 Å². The van der Waals surface area contributed by atoms with Crippen LogP contribution in [0.2, 0.25) is 0 Å². The first-order valence-electron chi connectivity index (χ1n) is 8.18. The highest BCUT2D eigenvalue weighted by molar-refractivity contribution is 5.75. The number of nitrogens with one attached hydrogen (secondary N) is 1. The number of piperazine rings is 1. The predicted octanol–water partition coefficient (Wildman–Crippen LogP) is 1.69. The molecule has 2 fully saturated rings. The van der Waals surface area contributed by atoms with E-state index < -0.39 is 0 Å². The van der Waals surface area contributed by atoms with Gasteiger partial charge in [0.05, 0.1) is 14.2 Å². The molecule has 2 aliphatic rings. The minimum Gasteiger partial charge on any atom is -0.493 e. The largest absolute Gasteiger partial charge is 0.493 e. The molecule has 3 rings (SSSR count). The van der Waals surface area contributed by atoms with Crippen LogP contribution in [0.1, 0.15) is 18.4 Å². The van der Waals surface area contributed by atoms with Crippen LogP contribution < -0.4 is 14.8 Å². The average molecular weight is 319 g/mol. The summed E-state index contributed by atoms with van der Waals surface area (Å²) in [5.41, 5.74) is 1.19. The molecule has 6 heteroatoms. The van der Waals surface area contributed by atoms with Gasteiger partial charge < -0.3 is 19.7 Å². The maximum Gasteiger partial charge on any atom is 0.317 e. The number of urea groups is 1. The number of ether oxygens (including phenoxy) is 2. The van der Waals surface area contributed by atoms with Crippen molar-refractivity contribution >= 4 is 6.03 Å². The second-order valence-electron chi connectivity index (χ2n) is 6.18. The van der Waals surface area contributed by atoms with Crippen molar-refractivity contribution in [1.82, 2.24) is 15.1 Å². The van der Waals surface area contributed by atoms with Crippen molar-refractivity contribution in [2.45, 2.75) is 25.4 Å². The molecule has 1 aliphatic heterocycles. The fourth-order valence-electron chi connectivity index (χ4n) is 2.84. The quantitative estimate of drug-likeness (QED) is 0.897. The van der Waals surface area contributed by atoms with Gasteiger partial charge in [0.15, 0.2) is 11.5 Å². The fraction of sp³-hybridized carbons (Fsp3) is 0.588. The summed E-state index contributed by atoms with van der Waals surface area (Å²) in [5, 5.41) is 3.05. The summed E-state index contributed by atoms with van der Waals surface area (Å²) < 4.78 is 10.6. The maximum atomic E-state index is 12.0. The third-order valence-electron chi connectivity index (χ3n) is 4.42. The van der Waals surface area contributed by atoms with Crippen molar-refractivity contribution in [2.75, 3.05) is 40.4 Å². The molecular weight excluding hydrogens is 294 g/mol. The summed E-state index contributed by atoms with van der Waals surface area (Å²) in [6.45, 7) is 4.22. The number of hydrogen-bond acceptors (Lipinski definition) is 4. The molecule has 126 valence electrons. The van der Waals surface area contributed by atoms with Crippen molar-refractivity contribution in [1.29, 1.82) is 0 Å². The van der Waals surface area contributed by atoms with Gasteiger partial charge in [-0.3, -0.25) is 4.90 Å². The van der Waals surface area contributed by atoms with Crippen LogP contribution in [0.3, 0.4) is 0 Å². The molecule has 2 amide bonds. The highest BCUT2D eigenvalue weighted by atomic mass is 16.5. The summed E-state index contributed by atoms with van der Waals surface area (Å²) in [4.78, 5) is 16.3. The van der Waals surface area contributed by atoms with Crippen LogP contribution in [0.25, 0.3) is 0 Å². The average Bonchev–Trinajstić information content (AvgIpc) is 3.39. The van der Waals surface area contributed by atoms with Gasteiger partial charge in [-0.1, -0.05) is 6.07 Å². The second-order valence-corrected chi connectivity index (χ2v) is 6.18. The van der Waals surface area contributed by atoms with Crippen molar-refractivity contribution in [2.24, 2.45) is 0 Å². The Morgan fingerprint density at radius 3 is 2.43 bits per heavy atom. The number of nitrogens with zero attached hydrogens (tertiary/aromatic N) is 2. The monoisotopic (exact) mass is 319 g/mol. The number of hydrogen-bond donors (Lipinski definition) is 1. The number of carbonyl (C=O) groups excluding carboxylic acids is 1. The first kappa shape index (κ1) is 15.9. The van der Waals surface area contributed by atoms with Crippen LogP contribution in [-0.2, 0) is 6.54 Å². The highest BCUT2D eigenvalue weighted by Crippen LogP contribution is 2.28. The molecule has 1 aromatic rings. The lowest BCUT2D eigenvalue weighted by molar-refractivity contribution is 0.135. The summed E-state index contributed by atoms with van der Waals surface area (Å²) in [7, 11) is 3.29. The molecular formula is C17H25N3O3. The summed E-state index contributed by atoms with van der Waals surface area (Å²) in [6.07, 6.45) is 2.26. The molecule has 0 spiro atoms. The topological polar surface area (TPSA) is 54.0 Å². The molecule has 0 bridgehead atoms. The Balaban J connectivity index is 1.51. The van der Waals surface area contributed by atoms with E-state index in [9.17, 15) is 4.79 Å². The maximum absolute atomic E-state index is 12.0. The Morgan fingerprint density at radius 1 is 1.13 bits per heavy atom. The number of rotatable bonds is 5. The van der Waals surface area contributed by atoms with Gasteiger partial charge in [-0.2, -0.15) is 0 Å². The zero-order chi connectivity index (χ0) is 16.2. The molecule has 1 N–H and O–H groups in total.